The molecule has 7 nitrogen and oxygen atoms in total. The maximum absolute atomic E-state index is 11.7. The van der Waals surface area contributed by atoms with Gasteiger partial charge < -0.3 is 10.4 Å². The van der Waals surface area contributed by atoms with E-state index in [2.05, 4.69) is 20.5 Å². The van der Waals surface area contributed by atoms with E-state index in [1.807, 2.05) is 0 Å². The number of aryl methyl sites for hydroxylation is 1. The molecule has 1 fully saturated rings. The lowest BCUT2D eigenvalue weighted by Crippen LogP contribution is -2.59. The molecule has 3 N–H and O–H groups in total. The van der Waals surface area contributed by atoms with E-state index in [0.29, 0.717) is 18.7 Å². The maximum atomic E-state index is 11.7. The second-order valence-corrected chi connectivity index (χ2v) is 3.94. The highest BCUT2D eigenvalue weighted by Gasteiger charge is 2.46. The number of carboxylic acid groups (broad SMARTS) is 1. The van der Waals surface area contributed by atoms with E-state index in [0.717, 1.165) is 6.42 Å². The van der Waals surface area contributed by atoms with Gasteiger partial charge in [-0.1, -0.05) is 0 Å². The summed E-state index contributed by atoms with van der Waals surface area (Å²) in [6.07, 6.45) is 1.72. The maximum Gasteiger partial charge on any atom is 0.329 e. The summed E-state index contributed by atoms with van der Waals surface area (Å²) in [6, 6.07) is 0. The van der Waals surface area contributed by atoms with Crippen molar-refractivity contribution in [1.29, 1.82) is 0 Å². The summed E-state index contributed by atoms with van der Waals surface area (Å²) in [5.74, 6) is -1.06. The lowest BCUT2D eigenvalue weighted by Gasteiger charge is -2.37. The normalized spacial score (nSPS) is 17.6. The summed E-state index contributed by atoms with van der Waals surface area (Å²) in [4.78, 5) is 26.5. The molecule has 0 bridgehead atoms. The number of aromatic nitrogens is 3. The molecule has 0 radical (unpaired) electrons. The highest BCUT2D eigenvalue weighted by molar-refractivity contribution is 5.95. The number of hydrogen-bond donors (Lipinski definition) is 3. The Morgan fingerprint density at radius 3 is 2.56 bits per heavy atom. The monoisotopic (exact) mass is 224 g/mol. The Kier molecular flexibility index (Phi) is 2.37. The molecule has 1 saturated carbocycles. The molecule has 2 rings (SSSR count). The van der Waals surface area contributed by atoms with Gasteiger partial charge in [0.05, 0.1) is 0 Å². The van der Waals surface area contributed by atoms with Crippen molar-refractivity contribution >= 4 is 11.9 Å². The summed E-state index contributed by atoms with van der Waals surface area (Å²) in [5.41, 5.74) is -1.12. The van der Waals surface area contributed by atoms with Gasteiger partial charge in [-0.25, -0.2) is 9.78 Å². The standard InChI is InChI=1S/C9H12N4O3/c1-5-10-6(13-12-5)7(14)11-9(8(15)16)3-2-4-9/h2-4H2,1H3,(H,11,14)(H,15,16)(H,10,12,13). The van der Waals surface area contributed by atoms with Crippen molar-refractivity contribution in [1.82, 2.24) is 20.5 Å². The number of nitrogens with one attached hydrogen (secondary N) is 2. The number of aliphatic carboxylic acids is 1. The van der Waals surface area contributed by atoms with E-state index in [9.17, 15) is 9.59 Å². The van der Waals surface area contributed by atoms with Crippen molar-refractivity contribution in [3.63, 3.8) is 0 Å². The van der Waals surface area contributed by atoms with Gasteiger partial charge in [0.2, 0.25) is 5.82 Å². The molecule has 1 aliphatic carbocycles. The Hall–Kier alpha value is -1.92. The molecule has 1 aromatic rings. The summed E-state index contributed by atoms with van der Waals surface area (Å²) in [5, 5.41) is 17.7. The molecule has 1 amide bonds. The predicted molar refractivity (Wildman–Crippen MR) is 52.8 cm³/mol. The van der Waals surface area contributed by atoms with Crippen LogP contribution < -0.4 is 5.32 Å². The molecule has 0 atom stereocenters. The Morgan fingerprint density at radius 2 is 2.19 bits per heavy atom. The van der Waals surface area contributed by atoms with Gasteiger partial charge >= 0.3 is 5.97 Å². The quantitative estimate of drug-likeness (QED) is 0.661. The molecule has 16 heavy (non-hydrogen) atoms. The third kappa shape index (κ3) is 1.64. The van der Waals surface area contributed by atoms with E-state index in [1.165, 1.54) is 0 Å². The van der Waals surface area contributed by atoms with Crippen LogP contribution in [0.3, 0.4) is 0 Å². The van der Waals surface area contributed by atoms with Crippen LogP contribution >= 0.6 is 0 Å². The van der Waals surface area contributed by atoms with Crippen LogP contribution in [0, 0.1) is 6.92 Å². The molecular weight excluding hydrogens is 212 g/mol. The molecule has 1 heterocycles. The lowest BCUT2D eigenvalue weighted by molar-refractivity contribution is -0.148. The topological polar surface area (TPSA) is 108 Å². The Balaban J connectivity index is 2.10. The Bertz CT molecular complexity index is 436. The van der Waals surface area contributed by atoms with Crippen molar-refractivity contribution < 1.29 is 14.7 Å². The second kappa shape index (κ2) is 3.58. The molecule has 0 aliphatic heterocycles. The molecule has 0 spiro atoms. The molecule has 0 unspecified atom stereocenters. The minimum absolute atomic E-state index is 0.0231. The number of nitrogens with zero attached hydrogens (tertiary/aromatic N) is 2. The summed E-state index contributed by atoms with van der Waals surface area (Å²) in [6.45, 7) is 1.67. The molecule has 0 saturated heterocycles. The first-order valence-corrected chi connectivity index (χ1v) is 4.98. The van der Waals surface area contributed by atoms with Crippen LogP contribution in [0.2, 0.25) is 0 Å². The van der Waals surface area contributed by atoms with Gasteiger partial charge in [0.25, 0.3) is 5.91 Å². The van der Waals surface area contributed by atoms with E-state index in [4.69, 9.17) is 5.11 Å². The number of carbonyl (C=O) groups is 2. The minimum atomic E-state index is -1.12. The number of carboxylic acids is 1. The molecule has 1 aromatic heterocycles. The number of H-pyrrole nitrogens is 1. The van der Waals surface area contributed by atoms with Crippen molar-refractivity contribution in [2.24, 2.45) is 0 Å². The van der Waals surface area contributed by atoms with Crippen molar-refractivity contribution in [3.05, 3.63) is 11.6 Å². The van der Waals surface area contributed by atoms with Gasteiger partial charge in [0.1, 0.15) is 11.4 Å². The molecule has 1 aliphatic rings. The summed E-state index contributed by atoms with van der Waals surface area (Å²) in [7, 11) is 0. The van der Waals surface area contributed by atoms with Crippen LogP contribution in [0.1, 0.15) is 35.7 Å². The van der Waals surface area contributed by atoms with Gasteiger partial charge in [-0.15, -0.1) is 5.10 Å². The van der Waals surface area contributed by atoms with E-state index in [1.54, 1.807) is 6.92 Å². The van der Waals surface area contributed by atoms with Crippen LogP contribution in [-0.2, 0) is 4.79 Å². The Morgan fingerprint density at radius 1 is 1.50 bits per heavy atom. The third-order valence-electron chi connectivity index (χ3n) is 2.77. The third-order valence-corrected chi connectivity index (χ3v) is 2.77. The predicted octanol–water partition coefficient (Wildman–Crippen LogP) is -0.150. The minimum Gasteiger partial charge on any atom is -0.480 e. The van der Waals surface area contributed by atoms with Crippen molar-refractivity contribution in [3.8, 4) is 0 Å². The van der Waals surface area contributed by atoms with E-state index in [-0.39, 0.29) is 5.82 Å². The fourth-order valence-electron chi connectivity index (χ4n) is 1.64. The SMILES string of the molecule is Cc1nc(C(=O)NC2(C(=O)O)CCC2)n[nH]1. The largest absolute Gasteiger partial charge is 0.480 e. The number of hydrogen-bond acceptors (Lipinski definition) is 4. The molecular formula is C9H12N4O3. The number of rotatable bonds is 3. The summed E-state index contributed by atoms with van der Waals surface area (Å²) >= 11 is 0. The van der Waals surface area contributed by atoms with Crippen LogP contribution in [0.5, 0.6) is 0 Å². The fourth-order valence-corrected chi connectivity index (χ4v) is 1.64. The second-order valence-electron chi connectivity index (χ2n) is 3.94. The first-order chi connectivity index (χ1) is 7.53. The lowest BCUT2D eigenvalue weighted by atomic mass is 9.77. The van der Waals surface area contributed by atoms with Crippen LogP contribution in [-0.4, -0.2) is 37.7 Å². The molecule has 7 heteroatoms. The van der Waals surface area contributed by atoms with Crippen molar-refractivity contribution in [2.75, 3.05) is 0 Å². The first-order valence-electron chi connectivity index (χ1n) is 4.98. The van der Waals surface area contributed by atoms with E-state index < -0.39 is 17.4 Å². The highest BCUT2D eigenvalue weighted by atomic mass is 16.4. The molecule has 0 aromatic carbocycles. The average Bonchev–Trinajstić information content (AvgIpc) is 2.57. The fraction of sp³-hybridized carbons (Fsp3) is 0.556. The zero-order chi connectivity index (χ0) is 11.8. The summed E-state index contributed by atoms with van der Waals surface area (Å²) < 4.78 is 0. The van der Waals surface area contributed by atoms with Gasteiger partial charge in [-0.2, -0.15) is 0 Å². The zero-order valence-electron chi connectivity index (χ0n) is 8.78. The Labute approximate surface area is 91.3 Å². The van der Waals surface area contributed by atoms with Gasteiger partial charge in [0.15, 0.2) is 0 Å². The van der Waals surface area contributed by atoms with Crippen molar-refractivity contribution in [2.45, 2.75) is 31.7 Å². The number of aromatic amines is 1. The van der Waals surface area contributed by atoms with Gasteiger partial charge in [-0.05, 0) is 26.2 Å². The van der Waals surface area contributed by atoms with Crippen LogP contribution in [0.25, 0.3) is 0 Å². The zero-order valence-corrected chi connectivity index (χ0v) is 8.78. The smallest absolute Gasteiger partial charge is 0.329 e. The number of carbonyl (C=O) groups excluding carboxylic acids is 1. The van der Waals surface area contributed by atoms with E-state index >= 15 is 0 Å². The number of amides is 1. The highest BCUT2D eigenvalue weighted by Crippen LogP contribution is 2.32. The first kappa shape index (κ1) is 10.6. The van der Waals surface area contributed by atoms with Crippen LogP contribution in [0.15, 0.2) is 0 Å². The van der Waals surface area contributed by atoms with Crippen LogP contribution in [0.4, 0.5) is 0 Å². The van der Waals surface area contributed by atoms with Gasteiger partial charge in [0, 0.05) is 0 Å². The molecule has 86 valence electrons. The average molecular weight is 224 g/mol. The van der Waals surface area contributed by atoms with Gasteiger partial charge in [-0.3, -0.25) is 9.89 Å².